The first-order chi connectivity index (χ1) is 11.5. The highest BCUT2D eigenvalue weighted by Gasteiger charge is 2.27. The van der Waals surface area contributed by atoms with E-state index < -0.39 is 10.0 Å². The zero-order valence-electron chi connectivity index (χ0n) is 14.4. The van der Waals surface area contributed by atoms with Crippen LogP contribution in [0.15, 0.2) is 47.4 Å². The van der Waals surface area contributed by atoms with Gasteiger partial charge in [-0.2, -0.15) is 4.31 Å². The largest absolute Gasteiger partial charge is 0.308 e. The lowest BCUT2D eigenvalue weighted by Gasteiger charge is -2.19. The van der Waals surface area contributed by atoms with Crippen molar-refractivity contribution in [3.05, 3.63) is 48.1 Å². The highest BCUT2D eigenvalue weighted by molar-refractivity contribution is 7.89. The maximum absolute atomic E-state index is 12.6. The van der Waals surface area contributed by atoms with E-state index in [9.17, 15) is 13.2 Å². The van der Waals surface area contributed by atoms with Crippen molar-refractivity contribution in [2.24, 2.45) is 0 Å². The van der Waals surface area contributed by atoms with Crippen LogP contribution in [0.3, 0.4) is 0 Å². The molecule has 0 bridgehead atoms. The van der Waals surface area contributed by atoms with Crippen molar-refractivity contribution < 1.29 is 13.2 Å². The van der Waals surface area contributed by atoms with E-state index in [-0.39, 0.29) is 5.91 Å². The predicted molar refractivity (Wildman–Crippen MR) is 96.6 cm³/mol. The van der Waals surface area contributed by atoms with Crippen molar-refractivity contribution in [3.63, 3.8) is 0 Å². The molecule has 24 heavy (non-hydrogen) atoms. The van der Waals surface area contributed by atoms with Crippen LogP contribution in [0.1, 0.15) is 26.3 Å². The van der Waals surface area contributed by atoms with Crippen LogP contribution in [0.2, 0.25) is 0 Å². The minimum atomic E-state index is -3.47. The van der Waals surface area contributed by atoms with Gasteiger partial charge in [0.2, 0.25) is 10.0 Å². The molecule has 0 aliphatic carbocycles. The second-order valence-corrected chi connectivity index (χ2v) is 7.44. The standard InChI is InChI=1S/C18H24N2O3S/c1-4-7-8-9-18(21)20-13-12-15-14-16(10-11-17(15)20)24(22,23)19(5-2)6-3/h4,7-11,14H,5-6,12-13H2,1-3H3/b7-4+,9-8+. The third kappa shape index (κ3) is 3.60. The Balaban J connectivity index is 2.30. The van der Waals surface area contributed by atoms with E-state index in [4.69, 9.17) is 0 Å². The molecule has 0 aromatic heterocycles. The number of carbonyl (C=O) groups excluding carboxylic acids is 1. The first-order valence-corrected chi connectivity index (χ1v) is 9.63. The third-order valence-electron chi connectivity index (χ3n) is 4.10. The number of anilines is 1. The quantitative estimate of drug-likeness (QED) is 0.587. The lowest BCUT2D eigenvalue weighted by atomic mass is 10.2. The van der Waals surface area contributed by atoms with Crippen molar-refractivity contribution in [2.75, 3.05) is 24.5 Å². The molecule has 1 aromatic carbocycles. The predicted octanol–water partition coefficient (Wildman–Crippen LogP) is 2.74. The van der Waals surface area contributed by atoms with Gasteiger partial charge < -0.3 is 4.90 Å². The molecule has 6 heteroatoms. The average Bonchev–Trinajstić information content (AvgIpc) is 2.99. The summed E-state index contributed by atoms with van der Waals surface area (Å²) in [6, 6.07) is 5.03. The summed E-state index contributed by atoms with van der Waals surface area (Å²) in [7, 11) is -3.47. The van der Waals surface area contributed by atoms with E-state index in [1.54, 1.807) is 35.3 Å². The fourth-order valence-electron chi connectivity index (χ4n) is 2.82. The van der Waals surface area contributed by atoms with Crippen LogP contribution >= 0.6 is 0 Å². The molecule has 0 unspecified atom stereocenters. The monoisotopic (exact) mass is 348 g/mol. The molecule has 130 valence electrons. The number of nitrogens with zero attached hydrogens (tertiary/aromatic N) is 2. The third-order valence-corrected chi connectivity index (χ3v) is 6.14. The minimum absolute atomic E-state index is 0.0915. The molecule has 0 N–H and O–H groups in total. The van der Waals surface area contributed by atoms with E-state index in [1.165, 1.54) is 10.4 Å². The van der Waals surface area contributed by atoms with E-state index in [1.807, 2.05) is 26.8 Å². The Hall–Kier alpha value is -1.92. The van der Waals surface area contributed by atoms with Crippen LogP contribution in [-0.2, 0) is 21.2 Å². The topological polar surface area (TPSA) is 57.7 Å². The van der Waals surface area contributed by atoms with Gasteiger partial charge in [-0.3, -0.25) is 4.79 Å². The summed E-state index contributed by atoms with van der Waals surface area (Å²) >= 11 is 0. The molecular weight excluding hydrogens is 324 g/mol. The van der Waals surface area contributed by atoms with E-state index in [0.29, 0.717) is 31.0 Å². The summed E-state index contributed by atoms with van der Waals surface area (Å²) < 4.78 is 26.7. The van der Waals surface area contributed by atoms with Gasteiger partial charge in [0.05, 0.1) is 4.90 Å². The van der Waals surface area contributed by atoms with Crippen LogP contribution in [0.25, 0.3) is 0 Å². The minimum Gasteiger partial charge on any atom is -0.308 e. The number of carbonyl (C=O) groups is 1. The maximum Gasteiger partial charge on any atom is 0.250 e. The summed E-state index contributed by atoms with van der Waals surface area (Å²) in [5.41, 5.74) is 1.69. The van der Waals surface area contributed by atoms with Crippen LogP contribution in [0.4, 0.5) is 5.69 Å². The number of allylic oxidation sites excluding steroid dienone is 3. The second kappa shape index (κ2) is 7.77. The van der Waals surface area contributed by atoms with Gasteiger partial charge in [-0.25, -0.2) is 8.42 Å². The number of sulfonamides is 1. The number of amides is 1. The van der Waals surface area contributed by atoms with Crippen LogP contribution in [0.5, 0.6) is 0 Å². The highest BCUT2D eigenvalue weighted by Crippen LogP contribution is 2.31. The smallest absolute Gasteiger partial charge is 0.250 e. The number of benzene rings is 1. The Bertz CT molecular complexity index is 762. The summed E-state index contributed by atoms with van der Waals surface area (Å²) in [5.74, 6) is -0.0915. The first kappa shape index (κ1) is 18.4. The summed E-state index contributed by atoms with van der Waals surface area (Å²) in [4.78, 5) is 14.2. The van der Waals surface area contributed by atoms with Gasteiger partial charge in [0, 0.05) is 31.4 Å². The zero-order valence-corrected chi connectivity index (χ0v) is 15.2. The molecule has 0 fully saturated rings. The molecule has 5 nitrogen and oxygen atoms in total. The van der Waals surface area contributed by atoms with Gasteiger partial charge in [0.15, 0.2) is 0 Å². The van der Waals surface area contributed by atoms with Crippen molar-refractivity contribution in [1.29, 1.82) is 0 Å². The number of hydrogen-bond acceptors (Lipinski definition) is 3. The molecule has 0 atom stereocenters. The SMILES string of the molecule is C/C=C/C=C/C(=O)N1CCc2cc(S(=O)(=O)N(CC)CC)ccc21. The summed E-state index contributed by atoms with van der Waals surface area (Å²) in [5, 5.41) is 0. The van der Waals surface area contributed by atoms with Crippen LogP contribution in [0, 0.1) is 0 Å². The zero-order chi connectivity index (χ0) is 17.7. The summed E-state index contributed by atoms with van der Waals surface area (Å²) in [6.07, 6.45) is 7.55. The highest BCUT2D eigenvalue weighted by atomic mass is 32.2. The average molecular weight is 348 g/mol. The Morgan fingerprint density at radius 2 is 1.96 bits per heavy atom. The molecule has 2 rings (SSSR count). The summed E-state index contributed by atoms with van der Waals surface area (Å²) in [6.45, 7) is 6.99. The number of hydrogen-bond donors (Lipinski definition) is 0. The first-order valence-electron chi connectivity index (χ1n) is 8.19. The van der Waals surface area contributed by atoms with E-state index >= 15 is 0 Å². The Labute approximate surface area is 144 Å². The van der Waals surface area contributed by atoms with Gasteiger partial charge in [-0.1, -0.05) is 32.1 Å². The lowest BCUT2D eigenvalue weighted by Crippen LogP contribution is -2.30. The van der Waals surface area contributed by atoms with E-state index in [0.717, 1.165) is 11.3 Å². The second-order valence-electron chi connectivity index (χ2n) is 5.50. The molecule has 1 aliphatic rings. The molecule has 1 heterocycles. The Morgan fingerprint density at radius 1 is 1.25 bits per heavy atom. The normalized spacial score (nSPS) is 14.9. The molecule has 0 saturated heterocycles. The van der Waals surface area contributed by atoms with Crippen molar-refractivity contribution in [3.8, 4) is 0 Å². The number of fused-ring (bicyclic) bond motifs is 1. The van der Waals surface area contributed by atoms with Crippen LogP contribution in [-0.4, -0.2) is 38.3 Å². The number of rotatable bonds is 6. The molecular formula is C18H24N2O3S. The molecule has 1 aromatic rings. The van der Waals surface area contributed by atoms with Crippen molar-refractivity contribution >= 4 is 21.6 Å². The van der Waals surface area contributed by atoms with E-state index in [2.05, 4.69) is 0 Å². The fourth-order valence-corrected chi connectivity index (χ4v) is 4.33. The molecule has 1 amide bonds. The van der Waals surface area contributed by atoms with Gasteiger partial charge in [-0.05, 0) is 37.1 Å². The van der Waals surface area contributed by atoms with Crippen molar-refractivity contribution in [2.45, 2.75) is 32.1 Å². The molecule has 0 radical (unpaired) electrons. The Morgan fingerprint density at radius 3 is 2.58 bits per heavy atom. The van der Waals surface area contributed by atoms with Gasteiger partial charge in [-0.15, -0.1) is 0 Å². The molecule has 1 aliphatic heterocycles. The molecule has 0 spiro atoms. The van der Waals surface area contributed by atoms with Crippen molar-refractivity contribution in [1.82, 2.24) is 4.31 Å². The fraction of sp³-hybridized carbons (Fsp3) is 0.389. The van der Waals surface area contributed by atoms with Crippen LogP contribution < -0.4 is 4.90 Å². The maximum atomic E-state index is 12.6. The lowest BCUT2D eigenvalue weighted by molar-refractivity contribution is -0.114. The van der Waals surface area contributed by atoms with Gasteiger partial charge in [0.1, 0.15) is 0 Å². The Kier molecular flexibility index (Phi) is 5.96. The van der Waals surface area contributed by atoms with Gasteiger partial charge >= 0.3 is 0 Å². The van der Waals surface area contributed by atoms with Gasteiger partial charge in [0.25, 0.3) is 5.91 Å². The molecule has 0 saturated carbocycles.